The summed E-state index contributed by atoms with van der Waals surface area (Å²) in [5.41, 5.74) is 10.9. The Balaban J connectivity index is 2.67. The van der Waals surface area contributed by atoms with E-state index in [0.717, 1.165) is 22.4 Å². The van der Waals surface area contributed by atoms with Crippen LogP contribution in [0.2, 0.25) is 5.02 Å². The van der Waals surface area contributed by atoms with Crippen molar-refractivity contribution in [1.29, 1.82) is 0 Å². The number of rotatable bonds is 2. The van der Waals surface area contributed by atoms with Crippen LogP contribution >= 0.6 is 11.6 Å². The average Bonchev–Trinajstić information content (AvgIpc) is 2.33. The Morgan fingerprint density at radius 3 is 2.33 bits per heavy atom. The Bertz CT molecular complexity index is 593. The van der Waals surface area contributed by atoms with Crippen molar-refractivity contribution in [2.24, 2.45) is 0 Å². The molecule has 0 saturated heterocycles. The lowest BCUT2D eigenvalue weighted by Gasteiger charge is -2.15. The highest BCUT2D eigenvalue weighted by atomic mass is 35.5. The van der Waals surface area contributed by atoms with E-state index in [9.17, 15) is 0 Å². The molecule has 2 aromatic carbocycles. The van der Waals surface area contributed by atoms with Gasteiger partial charge in [0.1, 0.15) is 5.75 Å². The van der Waals surface area contributed by atoms with Gasteiger partial charge in [0.25, 0.3) is 0 Å². The summed E-state index contributed by atoms with van der Waals surface area (Å²) < 4.78 is 5.51. The van der Waals surface area contributed by atoms with Crippen LogP contribution in [0.15, 0.2) is 30.3 Å². The molecule has 0 heterocycles. The lowest BCUT2D eigenvalue weighted by molar-refractivity contribution is 0.413. The molecule has 2 nitrogen and oxygen atoms in total. The summed E-state index contributed by atoms with van der Waals surface area (Å²) in [4.78, 5) is 0. The van der Waals surface area contributed by atoms with Gasteiger partial charge in [-0.3, -0.25) is 0 Å². The van der Waals surface area contributed by atoms with E-state index >= 15 is 0 Å². The highest BCUT2D eigenvalue weighted by molar-refractivity contribution is 6.31. The molecule has 0 radical (unpaired) electrons. The summed E-state index contributed by atoms with van der Waals surface area (Å²) in [7, 11) is 1.68. The maximum atomic E-state index is 6.03. The normalized spacial score (nSPS) is 10.4. The summed E-state index contributed by atoms with van der Waals surface area (Å²) in [5.74, 6) is 0.865. The highest BCUT2D eigenvalue weighted by Gasteiger charge is 2.12. The molecule has 94 valence electrons. The van der Waals surface area contributed by atoms with Crippen LogP contribution in [0.4, 0.5) is 5.69 Å². The largest absolute Gasteiger partial charge is 0.496 e. The standard InChI is InChI=1S/C15H16ClNO/c1-9-4-6-13(15(18-3)10(9)2)12-7-5-11(16)8-14(12)17/h4-8H,17H2,1-3H3. The Hall–Kier alpha value is -1.67. The fourth-order valence-corrected chi connectivity index (χ4v) is 2.22. The minimum Gasteiger partial charge on any atom is -0.496 e. The van der Waals surface area contributed by atoms with E-state index in [1.54, 1.807) is 13.2 Å². The van der Waals surface area contributed by atoms with Gasteiger partial charge >= 0.3 is 0 Å². The molecule has 2 rings (SSSR count). The molecule has 2 aromatic rings. The van der Waals surface area contributed by atoms with E-state index in [4.69, 9.17) is 22.1 Å². The van der Waals surface area contributed by atoms with Crippen LogP contribution in [0, 0.1) is 13.8 Å². The summed E-state index contributed by atoms with van der Waals surface area (Å²) >= 11 is 5.92. The van der Waals surface area contributed by atoms with Gasteiger partial charge in [0.2, 0.25) is 0 Å². The van der Waals surface area contributed by atoms with Crippen LogP contribution in [0.5, 0.6) is 5.75 Å². The van der Waals surface area contributed by atoms with Crippen molar-refractivity contribution in [2.45, 2.75) is 13.8 Å². The number of benzene rings is 2. The van der Waals surface area contributed by atoms with E-state index in [1.807, 2.05) is 25.1 Å². The van der Waals surface area contributed by atoms with E-state index in [1.165, 1.54) is 5.56 Å². The molecule has 0 aliphatic carbocycles. The molecule has 0 aliphatic rings. The molecule has 2 N–H and O–H groups in total. The molecule has 0 amide bonds. The van der Waals surface area contributed by atoms with Gasteiger partial charge in [0.05, 0.1) is 7.11 Å². The molecule has 3 heteroatoms. The monoisotopic (exact) mass is 261 g/mol. The number of hydrogen-bond acceptors (Lipinski definition) is 2. The van der Waals surface area contributed by atoms with Crippen LogP contribution in [0.3, 0.4) is 0 Å². The van der Waals surface area contributed by atoms with Gasteiger partial charge in [-0.1, -0.05) is 29.8 Å². The fraction of sp³-hybridized carbons (Fsp3) is 0.200. The Labute approximate surface area is 112 Å². The Morgan fingerprint density at radius 2 is 1.72 bits per heavy atom. The quantitative estimate of drug-likeness (QED) is 0.822. The van der Waals surface area contributed by atoms with Gasteiger partial charge in [-0.15, -0.1) is 0 Å². The van der Waals surface area contributed by atoms with Gasteiger partial charge in [0, 0.05) is 21.8 Å². The summed E-state index contributed by atoms with van der Waals surface area (Å²) in [6.07, 6.45) is 0. The summed E-state index contributed by atoms with van der Waals surface area (Å²) in [5, 5.41) is 0.638. The molecule has 0 aliphatic heterocycles. The topological polar surface area (TPSA) is 35.2 Å². The van der Waals surface area contributed by atoms with Crippen molar-refractivity contribution in [1.82, 2.24) is 0 Å². The first kappa shape index (κ1) is 12.8. The summed E-state index contributed by atoms with van der Waals surface area (Å²) in [6, 6.07) is 9.61. The first-order valence-electron chi connectivity index (χ1n) is 5.74. The third-order valence-electron chi connectivity index (χ3n) is 3.18. The minimum absolute atomic E-state index is 0.638. The third-order valence-corrected chi connectivity index (χ3v) is 3.42. The van der Waals surface area contributed by atoms with E-state index in [0.29, 0.717) is 10.7 Å². The zero-order valence-corrected chi connectivity index (χ0v) is 11.5. The SMILES string of the molecule is COc1c(-c2ccc(Cl)cc2N)ccc(C)c1C. The fourth-order valence-electron chi connectivity index (χ4n) is 2.04. The molecule has 0 unspecified atom stereocenters. The van der Waals surface area contributed by atoms with Crippen LogP contribution in [-0.4, -0.2) is 7.11 Å². The van der Waals surface area contributed by atoms with Crippen molar-refractivity contribution in [3.05, 3.63) is 46.5 Å². The smallest absolute Gasteiger partial charge is 0.129 e. The predicted octanol–water partition coefficient (Wildman–Crippen LogP) is 4.21. The van der Waals surface area contributed by atoms with Gasteiger partial charge in [0.15, 0.2) is 0 Å². The number of nitrogens with two attached hydrogens (primary N) is 1. The predicted molar refractivity (Wildman–Crippen MR) is 77.3 cm³/mol. The van der Waals surface area contributed by atoms with Crippen molar-refractivity contribution < 1.29 is 4.74 Å². The second-order valence-electron chi connectivity index (χ2n) is 4.32. The Kier molecular flexibility index (Phi) is 3.48. The van der Waals surface area contributed by atoms with Crippen molar-refractivity contribution >= 4 is 17.3 Å². The maximum Gasteiger partial charge on any atom is 0.129 e. The number of methoxy groups -OCH3 is 1. The number of nitrogen functional groups attached to an aromatic ring is 1. The summed E-state index contributed by atoms with van der Waals surface area (Å²) in [6.45, 7) is 4.11. The van der Waals surface area contributed by atoms with E-state index in [-0.39, 0.29) is 0 Å². The molecular weight excluding hydrogens is 246 g/mol. The Morgan fingerprint density at radius 1 is 1.06 bits per heavy atom. The first-order valence-corrected chi connectivity index (χ1v) is 6.12. The second-order valence-corrected chi connectivity index (χ2v) is 4.76. The van der Waals surface area contributed by atoms with Crippen LogP contribution in [0.25, 0.3) is 11.1 Å². The van der Waals surface area contributed by atoms with Gasteiger partial charge < -0.3 is 10.5 Å². The van der Waals surface area contributed by atoms with Crippen LogP contribution in [-0.2, 0) is 0 Å². The molecule has 0 bridgehead atoms. The molecule has 0 saturated carbocycles. The molecule has 0 spiro atoms. The molecule has 0 aromatic heterocycles. The molecule has 0 fully saturated rings. The minimum atomic E-state index is 0.638. The number of aryl methyl sites for hydroxylation is 1. The molecule has 18 heavy (non-hydrogen) atoms. The number of halogens is 1. The van der Waals surface area contributed by atoms with E-state index < -0.39 is 0 Å². The highest BCUT2D eigenvalue weighted by Crippen LogP contribution is 2.38. The van der Waals surface area contributed by atoms with Crippen LogP contribution < -0.4 is 10.5 Å². The lowest BCUT2D eigenvalue weighted by Crippen LogP contribution is -1.96. The zero-order valence-electron chi connectivity index (χ0n) is 10.8. The van der Waals surface area contributed by atoms with Crippen molar-refractivity contribution in [3.8, 4) is 16.9 Å². The van der Waals surface area contributed by atoms with Gasteiger partial charge in [-0.2, -0.15) is 0 Å². The third kappa shape index (κ3) is 2.16. The van der Waals surface area contributed by atoms with Crippen molar-refractivity contribution in [3.63, 3.8) is 0 Å². The molecule has 0 atom stereocenters. The first-order chi connectivity index (χ1) is 8.54. The number of ether oxygens (including phenoxy) is 1. The number of hydrogen-bond donors (Lipinski definition) is 1. The average molecular weight is 262 g/mol. The lowest BCUT2D eigenvalue weighted by atomic mass is 9.97. The second kappa shape index (κ2) is 4.91. The van der Waals surface area contributed by atoms with E-state index in [2.05, 4.69) is 13.0 Å². The zero-order chi connectivity index (χ0) is 13.3. The van der Waals surface area contributed by atoms with Crippen molar-refractivity contribution in [2.75, 3.05) is 12.8 Å². The van der Waals surface area contributed by atoms with Crippen LogP contribution in [0.1, 0.15) is 11.1 Å². The van der Waals surface area contributed by atoms with Gasteiger partial charge in [-0.25, -0.2) is 0 Å². The van der Waals surface area contributed by atoms with Gasteiger partial charge in [-0.05, 0) is 37.1 Å². The number of anilines is 1. The maximum absolute atomic E-state index is 6.03. The molecular formula is C15H16ClNO.